The van der Waals surface area contributed by atoms with E-state index in [4.69, 9.17) is 0 Å². The van der Waals surface area contributed by atoms with Gasteiger partial charge in [0.15, 0.2) is 0 Å². The van der Waals surface area contributed by atoms with E-state index in [9.17, 15) is 0 Å². The standard InChI is InChI=1S/C9H10N2.C5H10/c1-6-3-4-8-9(5-6)11-7(2)10-8;1-2-4-5-3-1/h3-5H,1-2H3,(H,10,11);1-5H2. The summed E-state index contributed by atoms with van der Waals surface area (Å²) in [7, 11) is 0. The van der Waals surface area contributed by atoms with Crippen LogP contribution in [0.15, 0.2) is 18.2 Å². The number of benzene rings is 1. The maximum atomic E-state index is 4.30. The molecule has 3 rings (SSSR count). The summed E-state index contributed by atoms with van der Waals surface area (Å²) in [5.74, 6) is 0.977. The monoisotopic (exact) mass is 216 g/mol. The SMILES string of the molecule is C1CCCC1.Cc1ccc2nc(C)[nH]c2c1. The third-order valence-corrected chi connectivity index (χ3v) is 3.01. The first-order valence-corrected chi connectivity index (χ1v) is 6.19. The number of nitrogens with zero attached hydrogens (tertiary/aromatic N) is 1. The molecule has 0 spiro atoms. The summed E-state index contributed by atoms with van der Waals surface area (Å²) in [5.41, 5.74) is 3.44. The van der Waals surface area contributed by atoms with Gasteiger partial charge in [0.1, 0.15) is 5.82 Å². The average Bonchev–Trinajstić information content (AvgIpc) is 2.87. The van der Waals surface area contributed by atoms with Crippen molar-refractivity contribution < 1.29 is 0 Å². The molecule has 2 nitrogen and oxygen atoms in total. The Morgan fingerprint density at radius 1 is 1.00 bits per heavy atom. The molecule has 1 aromatic heterocycles. The molecule has 0 amide bonds. The van der Waals surface area contributed by atoms with Gasteiger partial charge in [0.05, 0.1) is 11.0 Å². The lowest BCUT2D eigenvalue weighted by Gasteiger charge is -1.89. The van der Waals surface area contributed by atoms with Crippen molar-refractivity contribution in [3.63, 3.8) is 0 Å². The van der Waals surface area contributed by atoms with Crippen LogP contribution in [0.5, 0.6) is 0 Å². The molecule has 0 bridgehead atoms. The van der Waals surface area contributed by atoms with E-state index in [1.807, 2.05) is 13.0 Å². The number of aromatic amines is 1. The smallest absolute Gasteiger partial charge is 0.104 e. The molecule has 0 atom stereocenters. The number of imidazole rings is 1. The van der Waals surface area contributed by atoms with Crippen molar-refractivity contribution in [2.45, 2.75) is 46.0 Å². The molecule has 1 aromatic carbocycles. The van der Waals surface area contributed by atoms with Gasteiger partial charge in [0.2, 0.25) is 0 Å². The van der Waals surface area contributed by atoms with Crippen LogP contribution in [-0.4, -0.2) is 9.97 Å². The van der Waals surface area contributed by atoms with Crippen molar-refractivity contribution in [3.05, 3.63) is 29.6 Å². The number of rotatable bonds is 0. The Kier molecular flexibility index (Phi) is 3.60. The molecule has 0 aliphatic heterocycles. The van der Waals surface area contributed by atoms with E-state index < -0.39 is 0 Å². The van der Waals surface area contributed by atoms with Gasteiger partial charge < -0.3 is 4.98 Å². The van der Waals surface area contributed by atoms with Crippen molar-refractivity contribution in [1.29, 1.82) is 0 Å². The van der Waals surface area contributed by atoms with Gasteiger partial charge in [-0.15, -0.1) is 0 Å². The molecule has 0 radical (unpaired) electrons. The van der Waals surface area contributed by atoms with Gasteiger partial charge in [-0.3, -0.25) is 0 Å². The zero-order valence-corrected chi connectivity index (χ0v) is 10.2. The minimum atomic E-state index is 0.977. The molecule has 16 heavy (non-hydrogen) atoms. The minimum Gasteiger partial charge on any atom is -0.342 e. The van der Waals surface area contributed by atoms with E-state index in [1.165, 1.54) is 37.7 Å². The van der Waals surface area contributed by atoms with Crippen molar-refractivity contribution in [2.24, 2.45) is 0 Å². The van der Waals surface area contributed by atoms with Crippen LogP contribution in [0.2, 0.25) is 0 Å². The summed E-state index contributed by atoms with van der Waals surface area (Å²) >= 11 is 0. The maximum absolute atomic E-state index is 4.30. The number of aryl methyl sites for hydroxylation is 2. The third kappa shape index (κ3) is 2.84. The summed E-state index contributed by atoms with van der Waals surface area (Å²) in [6.45, 7) is 4.05. The average molecular weight is 216 g/mol. The summed E-state index contributed by atoms with van der Waals surface area (Å²) < 4.78 is 0. The normalized spacial score (nSPS) is 14.9. The first-order chi connectivity index (χ1) is 7.75. The highest BCUT2D eigenvalue weighted by molar-refractivity contribution is 5.75. The Morgan fingerprint density at radius 3 is 2.25 bits per heavy atom. The molecule has 2 aromatic rings. The highest BCUT2D eigenvalue weighted by atomic mass is 14.9. The number of fused-ring (bicyclic) bond motifs is 1. The number of nitrogens with one attached hydrogen (secondary N) is 1. The van der Waals surface area contributed by atoms with Crippen molar-refractivity contribution in [1.82, 2.24) is 9.97 Å². The lowest BCUT2D eigenvalue weighted by molar-refractivity contribution is 0.886. The van der Waals surface area contributed by atoms with E-state index >= 15 is 0 Å². The van der Waals surface area contributed by atoms with Gasteiger partial charge >= 0.3 is 0 Å². The maximum Gasteiger partial charge on any atom is 0.104 e. The van der Waals surface area contributed by atoms with Crippen molar-refractivity contribution in [2.75, 3.05) is 0 Å². The zero-order valence-electron chi connectivity index (χ0n) is 10.2. The summed E-state index contributed by atoms with van der Waals surface area (Å²) in [5, 5.41) is 0. The molecule has 1 saturated carbocycles. The van der Waals surface area contributed by atoms with Crippen LogP contribution in [0.4, 0.5) is 0 Å². The molecule has 86 valence electrons. The lowest BCUT2D eigenvalue weighted by atomic mass is 10.2. The zero-order chi connectivity index (χ0) is 11.4. The van der Waals surface area contributed by atoms with E-state index in [-0.39, 0.29) is 0 Å². The molecule has 0 unspecified atom stereocenters. The Balaban J connectivity index is 0.000000162. The Labute approximate surface area is 97.1 Å². The summed E-state index contributed by atoms with van der Waals surface area (Å²) in [6.07, 6.45) is 7.50. The Bertz CT molecular complexity index is 445. The van der Waals surface area contributed by atoms with Gasteiger partial charge in [-0.1, -0.05) is 38.2 Å². The van der Waals surface area contributed by atoms with Crippen molar-refractivity contribution >= 4 is 11.0 Å². The predicted octanol–water partition coefficient (Wildman–Crippen LogP) is 4.13. The van der Waals surface area contributed by atoms with Crippen LogP contribution in [0.1, 0.15) is 43.5 Å². The molecule has 1 aliphatic carbocycles. The van der Waals surface area contributed by atoms with Crippen LogP contribution in [0.25, 0.3) is 11.0 Å². The molecular formula is C14H20N2. The fourth-order valence-electron chi connectivity index (χ4n) is 2.13. The first-order valence-electron chi connectivity index (χ1n) is 6.19. The van der Waals surface area contributed by atoms with Crippen molar-refractivity contribution in [3.8, 4) is 0 Å². The molecule has 0 saturated heterocycles. The molecule has 1 N–H and O–H groups in total. The van der Waals surface area contributed by atoms with Crippen LogP contribution in [-0.2, 0) is 0 Å². The second-order valence-electron chi connectivity index (χ2n) is 4.61. The number of H-pyrrole nitrogens is 1. The van der Waals surface area contributed by atoms with Crippen LogP contribution >= 0.6 is 0 Å². The molecule has 1 heterocycles. The van der Waals surface area contributed by atoms with Crippen LogP contribution in [0.3, 0.4) is 0 Å². The first kappa shape index (κ1) is 11.2. The Morgan fingerprint density at radius 2 is 1.62 bits per heavy atom. The number of hydrogen-bond acceptors (Lipinski definition) is 1. The predicted molar refractivity (Wildman–Crippen MR) is 68.7 cm³/mol. The van der Waals surface area contributed by atoms with Gasteiger partial charge in [-0.25, -0.2) is 4.98 Å². The Hall–Kier alpha value is -1.31. The van der Waals surface area contributed by atoms with Gasteiger partial charge in [-0.2, -0.15) is 0 Å². The largest absolute Gasteiger partial charge is 0.342 e. The van der Waals surface area contributed by atoms with E-state index in [2.05, 4.69) is 29.0 Å². The second-order valence-corrected chi connectivity index (χ2v) is 4.61. The molecule has 1 aliphatic rings. The van der Waals surface area contributed by atoms with E-state index in [0.29, 0.717) is 0 Å². The summed E-state index contributed by atoms with van der Waals surface area (Å²) in [4.78, 5) is 7.49. The van der Waals surface area contributed by atoms with Crippen LogP contribution < -0.4 is 0 Å². The van der Waals surface area contributed by atoms with Gasteiger partial charge in [0, 0.05) is 0 Å². The molecule has 2 heteroatoms. The number of aromatic nitrogens is 2. The van der Waals surface area contributed by atoms with Crippen LogP contribution in [0, 0.1) is 13.8 Å². The fourth-order valence-corrected chi connectivity index (χ4v) is 2.13. The second kappa shape index (κ2) is 5.15. The molecule has 1 fully saturated rings. The van der Waals surface area contributed by atoms with E-state index in [0.717, 1.165) is 16.9 Å². The lowest BCUT2D eigenvalue weighted by Crippen LogP contribution is -1.71. The highest BCUT2D eigenvalue weighted by Gasteiger charge is 1.97. The fraction of sp³-hybridized carbons (Fsp3) is 0.500. The third-order valence-electron chi connectivity index (χ3n) is 3.01. The minimum absolute atomic E-state index is 0.977. The molecular weight excluding hydrogens is 196 g/mol. The van der Waals surface area contributed by atoms with E-state index in [1.54, 1.807) is 0 Å². The van der Waals surface area contributed by atoms with Gasteiger partial charge in [0.25, 0.3) is 0 Å². The number of hydrogen-bond donors (Lipinski definition) is 1. The highest BCUT2D eigenvalue weighted by Crippen LogP contribution is 2.15. The summed E-state index contributed by atoms with van der Waals surface area (Å²) in [6, 6.07) is 6.21. The van der Waals surface area contributed by atoms with Gasteiger partial charge in [-0.05, 0) is 31.5 Å². The quantitative estimate of drug-likeness (QED) is 0.704. The topological polar surface area (TPSA) is 28.7 Å².